The maximum absolute atomic E-state index is 12.0. The quantitative estimate of drug-likeness (QED) is 0.569. The minimum atomic E-state index is -0.464. The smallest absolute Gasteiger partial charge is 0.414 e. The lowest BCUT2D eigenvalue weighted by molar-refractivity contribution is -0.832. The Morgan fingerprint density at radius 1 is 1.47 bits per heavy atom. The molecule has 84 valence electrons. The van der Waals surface area contributed by atoms with Crippen molar-refractivity contribution in [3.05, 3.63) is 0 Å². The molecule has 0 aromatic rings. The van der Waals surface area contributed by atoms with E-state index in [1.165, 1.54) is 0 Å². The SMILES string of the molecule is CC(C)(C)OC(=O)[N@@+]12CC[C@@H](C1)C(=O)C2. The highest BCUT2D eigenvalue weighted by Crippen LogP contribution is 2.34. The maximum Gasteiger partial charge on any atom is 0.516 e. The number of amides is 1. The van der Waals surface area contributed by atoms with Crippen LogP contribution in [0, 0.1) is 5.92 Å². The number of Topliss-reactive ketones (excluding diaryl/α,β-unsaturated/α-hetero) is 1. The molecule has 0 aromatic carbocycles. The van der Waals surface area contributed by atoms with E-state index in [0.29, 0.717) is 13.1 Å². The molecule has 0 unspecified atom stereocenters. The van der Waals surface area contributed by atoms with Crippen LogP contribution in [-0.4, -0.2) is 41.6 Å². The standard InChI is InChI=1S/C11H18NO3/c1-11(2,3)15-10(14)12-5-4-8(6-12)9(13)7-12/h8H,4-7H2,1-3H3/q+1/t8-,12-/m0/s1. The van der Waals surface area contributed by atoms with Crippen molar-refractivity contribution in [3.63, 3.8) is 0 Å². The Morgan fingerprint density at radius 2 is 2.13 bits per heavy atom. The van der Waals surface area contributed by atoms with Gasteiger partial charge in [-0.25, -0.2) is 4.48 Å². The van der Waals surface area contributed by atoms with Crippen molar-refractivity contribution in [2.45, 2.75) is 32.8 Å². The number of ketones is 1. The zero-order chi connectivity index (χ0) is 11.3. The van der Waals surface area contributed by atoms with Gasteiger partial charge in [-0.3, -0.25) is 4.79 Å². The van der Waals surface area contributed by atoms with Crippen LogP contribution in [0.4, 0.5) is 4.79 Å². The Hall–Kier alpha value is -0.900. The second-order valence-corrected chi connectivity index (χ2v) is 5.64. The van der Waals surface area contributed by atoms with E-state index in [9.17, 15) is 9.59 Å². The molecule has 0 aromatic heterocycles. The molecule has 0 spiro atoms. The number of rotatable bonds is 0. The van der Waals surface area contributed by atoms with E-state index in [1.807, 2.05) is 20.8 Å². The van der Waals surface area contributed by atoms with E-state index in [0.717, 1.165) is 13.0 Å². The molecule has 2 heterocycles. The number of hydrogen-bond donors (Lipinski definition) is 0. The van der Waals surface area contributed by atoms with Gasteiger partial charge in [0.2, 0.25) is 0 Å². The Labute approximate surface area is 89.8 Å². The Bertz CT molecular complexity index is 318. The van der Waals surface area contributed by atoms with Crippen molar-refractivity contribution in [1.82, 2.24) is 0 Å². The highest BCUT2D eigenvalue weighted by atomic mass is 16.6. The van der Waals surface area contributed by atoms with Gasteiger partial charge in [0.25, 0.3) is 0 Å². The van der Waals surface area contributed by atoms with Crippen molar-refractivity contribution >= 4 is 11.9 Å². The van der Waals surface area contributed by atoms with E-state index >= 15 is 0 Å². The normalized spacial score (nSPS) is 34.6. The van der Waals surface area contributed by atoms with Gasteiger partial charge in [0, 0.05) is 6.42 Å². The maximum atomic E-state index is 12.0. The van der Waals surface area contributed by atoms with Crippen LogP contribution in [0.25, 0.3) is 0 Å². The molecule has 2 aliphatic rings. The topological polar surface area (TPSA) is 43.4 Å². The molecule has 4 heteroatoms. The van der Waals surface area contributed by atoms with E-state index in [-0.39, 0.29) is 22.3 Å². The van der Waals surface area contributed by atoms with Gasteiger partial charge < -0.3 is 4.74 Å². The summed E-state index contributed by atoms with van der Waals surface area (Å²) in [6, 6.07) is 0. The number of ether oxygens (including phenoxy) is 1. The molecule has 2 saturated heterocycles. The summed E-state index contributed by atoms with van der Waals surface area (Å²) < 4.78 is 5.61. The van der Waals surface area contributed by atoms with Crippen LogP contribution in [0.2, 0.25) is 0 Å². The third-order valence-electron chi connectivity index (χ3n) is 3.17. The van der Waals surface area contributed by atoms with Crippen LogP contribution in [0.3, 0.4) is 0 Å². The average molecular weight is 212 g/mol. The summed E-state index contributed by atoms with van der Waals surface area (Å²) in [5.41, 5.74) is -0.464. The first-order valence-corrected chi connectivity index (χ1v) is 5.45. The van der Waals surface area contributed by atoms with Crippen LogP contribution in [0.5, 0.6) is 0 Å². The first-order chi connectivity index (χ1) is 6.82. The van der Waals surface area contributed by atoms with Crippen LogP contribution in [0.1, 0.15) is 27.2 Å². The molecular formula is C11H18NO3+. The van der Waals surface area contributed by atoms with Crippen LogP contribution >= 0.6 is 0 Å². The van der Waals surface area contributed by atoms with E-state index in [2.05, 4.69) is 0 Å². The zero-order valence-electron chi connectivity index (χ0n) is 9.58. The fourth-order valence-corrected chi connectivity index (χ4v) is 2.43. The average Bonchev–Trinajstić information content (AvgIpc) is 2.58. The summed E-state index contributed by atoms with van der Waals surface area (Å²) in [5.74, 6) is 0.338. The lowest BCUT2D eigenvalue weighted by Crippen LogP contribution is -2.52. The molecule has 0 N–H and O–H groups in total. The number of piperidine rings is 1. The molecule has 0 saturated carbocycles. The molecule has 4 nitrogen and oxygen atoms in total. The summed E-state index contributed by atoms with van der Waals surface area (Å²) >= 11 is 0. The van der Waals surface area contributed by atoms with E-state index < -0.39 is 5.60 Å². The summed E-state index contributed by atoms with van der Waals surface area (Å²) in [7, 11) is 0. The molecule has 0 radical (unpaired) electrons. The molecule has 2 atom stereocenters. The van der Waals surface area contributed by atoms with Gasteiger partial charge in [-0.1, -0.05) is 0 Å². The predicted molar refractivity (Wildman–Crippen MR) is 54.2 cm³/mol. The summed E-state index contributed by atoms with van der Waals surface area (Å²) in [4.78, 5) is 23.5. The third-order valence-corrected chi connectivity index (χ3v) is 3.17. The largest absolute Gasteiger partial charge is 0.516 e. The monoisotopic (exact) mass is 212 g/mol. The Morgan fingerprint density at radius 3 is 2.53 bits per heavy atom. The fourth-order valence-electron chi connectivity index (χ4n) is 2.43. The lowest BCUT2D eigenvalue weighted by atomic mass is 10.1. The second kappa shape index (κ2) is 3.04. The van der Waals surface area contributed by atoms with E-state index in [4.69, 9.17) is 4.74 Å². The molecule has 15 heavy (non-hydrogen) atoms. The number of fused-ring (bicyclic) bond motifs is 2. The molecule has 1 amide bonds. The molecule has 0 aliphatic carbocycles. The highest BCUT2D eigenvalue weighted by Gasteiger charge is 2.57. The van der Waals surface area contributed by atoms with Crippen LogP contribution in [0.15, 0.2) is 0 Å². The van der Waals surface area contributed by atoms with Crippen molar-refractivity contribution in [2.24, 2.45) is 5.92 Å². The summed E-state index contributed by atoms with van der Waals surface area (Å²) in [5, 5.41) is 0. The van der Waals surface area contributed by atoms with E-state index in [1.54, 1.807) is 0 Å². The predicted octanol–water partition coefficient (Wildman–Crippen LogP) is 1.34. The molecule has 2 aliphatic heterocycles. The lowest BCUT2D eigenvalue weighted by Gasteiger charge is -2.30. The molecule has 2 fully saturated rings. The second-order valence-electron chi connectivity index (χ2n) is 5.64. The van der Waals surface area contributed by atoms with Crippen LogP contribution < -0.4 is 0 Å². The first kappa shape index (κ1) is 10.6. The van der Waals surface area contributed by atoms with Gasteiger partial charge in [0.15, 0.2) is 5.78 Å². The number of quaternary nitrogens is 1. The van der Waals surface area contributed by atoms with Gasteiger partial charge in [-0.15, -0.1) is 0 Å². The minimum absolute atomic E-state index is 0.109. The van der Waals surface area contributed by atoms with Gasteiger partial charge in [0.1, 0.15) is 12.1 Å². The van der Waals surface area contributed by atoms with Gasteiger partial charge >= 0.3 is 6.09 Å². The highest BCUT2D eigenvalue weighted by molar-refractivity contribution is 5.86. The van der Waals surface area contributed by atoms with Gasteiger partial charge in [0.05, 0.1) is 19.0 Å². The summed E-state index contributed by atoms with van der Waals surface area (Å²) in [6.07, 6.45) is 0.619. The number of carbonyl (C=O) groups is 2. The minimum Gasteiger partial charge on any atom is -0.414 e. The Kier molecular flexibility index (Phi) is 2.15. The third kappa shape index (κ3) is 1.78. The fraction of sp³-hybridized carbons (Fsp3) is 0.818. The summed E-state index contributed by atoms with van der Waals surface area (Å²) in [6.45, 7) is 7.34. The molecule has 2 rings (SSSR count). The molecular weight excluding hydrogens is 194 g/mol. The first-order valence-electron chi connectivity index (χ1n) is 5.45. The van der Waals surface area contributed by atoms with Crippen LogP contribution in [-0.2, 0) is 9.53 Å². The zero-order valence-corrected chi connectivity index (χ0v) is 9.58. The number of nitrogens with zero attached hydrogens (tertiary/aromatic N) is 1. The van der Waals surface area contributed by atoms with Gasteiger partial charge in [-0.2, -0.15) is 4.79 Å². The number of hydrogen-bond acceptors (Lipinski definition) is 3. The Balaban J connectivity index is 2.11. The van der Waals surface area contributed by atoms with Crippen molar-refractivity contribution in [3.8, 4) is 0 Å². The van der Waals surface area contributed by atoms with Crippen molar-refractivity contribution in [2.75, 3.05) is 19.6 Å². The van der Waals surface area contributed by atoms with Crippen molar-refractivity contribution in [1.29, 1.82) is 0 Å². The number of carbonyl (C=O) groups excluding carboxylic acids is 2. The van der Waals surface area contributed by atoms with Gasteiger partial charge in [-0.05, 0) is 20.8 Å². The molecule has 2 bridgehead atoms. The van der Waals surface area contributed by atoms with Crippen molar-refractivity contribution < 1.29 is 18.8 Å².